The molecule has 0 unspecified atom stereocenters. The summed E-state index contributed by atoms with van der Waals surface area (Å²) >= 11 is 0. The van der Waals surface area contributed by atoms with Crippen molar-refractivity contribution in [3.63, 3.8) is 0 Å². The van der Waals surface area contributed by atoms with Crippen LogP contribution in [0.2, 0.25) is 0 Å². The molecule has 0 amide bonds. The maximum atomic E-state index is 12.0. The molecular weight excluding hydrogens is 274 g/mol. The van der Waals surface area contributed by atoms with Crippen molar-refractivity contribution < 1.29 is 8.42 Å². The van der Waals surface area contributed by atoms with Crippen molar-refractivity contribution >= 4 is 15.7 Å². The summed E-state index contributed by atoms with van der Waals surface area (Å²) < 4.78 is 28.4. The third-order valence-corrected chi connectivity index (χ3v) is 4.89. The SMILES string of the molecule is Cc1nn(-c2ccccc2)c(C)c1NS(=O)(=O)C(C)C. The number of hydrogen-bond acceptors (Lipinski definition) is 3. The fourth-order valence-electron chi connectivity index (χ4n) is 1.87. The van der Waals surface area contributed by atoms with Crippen LogP contribution in [-0.2, 0) is 10.0 Å². The van der Waals surface area contributed by atoms with Crippen LogP contribution in [0, 0.1) is 13.8 Å². The molecule has 0 atom stereocenters. The Balaban J connectivity index is 2.46. The topological polar surface area (TPSA) is 64.0 Å². The molecule has 1 aromatic heterocycles. The van der Waals surface area contributed by atoms with Crippen LogP contribution in [0.25, 0.3) is 5.69 Å². The molecule has 20 heavy (non-hydrogen) atoms. The van der Waals surface area contributed by atoms with Crippen LogP contribution in [-0.4, -0.2) is 23.4 Å². The Labute approximate surface area is 119 Å². The van der Waals surface area contributed by atoms with E-state index in [1.165, 1.54) is 0 Å². The number of nitrogens with one attached hydrogen (secondary N) is 1. The summed E-state index contributed by atoms with van der Waals surface area (Å²) in [6.07, 6.45) is 0. The first-order valence-corrected chi connectivity index (χ1v) is 8.01. The van der Waals surface area contributed by atoms with Gasteiger partial charge in [-0.15, -0.1) is 0 Å². The fraction of sp³-hybridized carbons (Fsp3) is 0.357. The number of aryl methyl sites for hydroxylation is 1. The molecule has 0 spiro atoms. The van der Waals surface area contributed by atoms with Gasteiger partial charge in [0.25, 0.3) is 0 Å². The van der Waals surface area contributed by atoms with Gasteiger partial charge in [-0.05, 0) is 39.8 Å². The van der Waals surface area contributed by atoms with Gasteiger partial charge in [0.15, 0.2) is 0 Å². The number of benzene rings is 1. The van der Waals surface area contributed by atoms with Crippen LogP contribution in [0.15, 0.2) is 30.3 Å². The Morgan fingerprint density at radius 2 is 1.75 bits per heavy atom. The number of para-hydroxylation sites is 1. The summed E-state index contributed by atoms with van der Waals surface area (Å²) in [7, 11) is -3.37. The lowest BCUT2D eigenvalue weighted by Crippen LogP contribution is -2.23. The minimum atomic E-state index is -3.37. The van der Waals surface area contributed by atoms with E-state index in [0.29, 0.717) is 11.4 Å². The average molecular weight is 293 g/mol. The van der Waals surface area contributed by atoms with E-state index in [9.17, 15) is 8.42 Å². The highest BCUT2D eigenvalue weighted by Crippen LogP contribution is 2.24. The molecule has 0 fully saturated rings. The van der Waals surface area contributed by atoms with Crippen molar-refractivity contribution in [1.82, 2.24) is 9.78 Å². The number of aromatic nitrogens is 2. The van der Waals surface area contributed by atoms with Gasteiger partial charge in [-0.2, -0.15) is 5.10 Å². The quantitative estimate of drug-likeness (QED) is 0.942. The summed E-state index contributed by atoms with van der Waals surface area (Å²) in [5.74, 6) is 0. The minimum Gasteiger partial charge on any atom is -0.280 e. The second-order valence-electron chi connectivity index (χ2n) is 4.99. The lowest BCUT2D eigenvalue weighted by Gasteiger charge is -2.11. The molecule has 0 aliphatic carbocycles. The van der Waals surface area contributed by atoms with Crippen LogP contribution in [0.1, 0.15) is 25.2 Å². The summed E-state index contributed by atoms with van der Waals surface area (Å²) in [4.78, 5) is 0. The van der Waals surface area contributed by atoms with Gasteiger partial charge in [0.2, 0.25) is 10.0 Å². The third-order valence-electron chi connectivity index (χ3n) is 3.16. The van der Waals surface area contributed by atoms with Gasteiger partial charge in [-0.1, -0.05) is 18.2 Å². The lowest BCUT2D eigenvalue weighted by molar-refractivity contribution is 0.592. The molecule has 0 saturated heterocycles. The van der Waals surface area contributed by atoms with Gasteiger partial charge < -0.3 is 0 Å². The highest BCUT2D eigenvalue weighted by molar-refractivity contribution is 7.93. The monoisotopic (exact) mass is 293 g/mol. The molecule has 108 valence electrons. The Hall–Kier alpha value is -1.82. The van der Waals surface area contributed by atoms with Gasteiger partial charge in [0, 0.05) is 0 Å². The second-order valence-corrected chi connectivity index (χ2v) is 7.23. The van der Waals surface area contributed by atoms with Crippen molar-refractivity contribution in [3.8, 4) is 5.69 Å². The molecule has 0 aliphatic heterocycles. The average Bonchev–Trinajstić information content (AvgIpc) is 2.67. The van der Waals surface area contributed by atoms with Crippen molar-refractivity contribution in [2.45, 2.75) is 32.9 Å². The molecule has 0 radical (unpaired) electrons. The van der Waals surface area contributed by atoms with E-state index in [1.54, 1.807) is 25.5 Å². The first-order valence-electron chi connectivity index (χ1n) is 6.46. The summed E-state index contributed by atoms with van der Waals surface area (Å²) in [5.41, 5.74) is 2.90. The van der Waals surface area contributed by atoms with E-state index < -0.39 is 15.3 Å². The predicted octanol–water partition coefficient (Wildman–Crippen LogP) is 2.64. The van der Waals surface area contributed by atoms with Crippen molar-refractivity contribution in [1.29, 1.82) is 0 Å². The molecule has 5 nitrogen and oxygen atoms in total. The Morgan fingerprint density at radius 1 is 1.15 bits per heavy atom. The molecule has 2 rings (SSSR count). The first-order chi connectivity index (χ1) is 9.33. The van der Waals surface area contributed by atoms with Gasteiger partial charge >= 0.3 is 0 Å². The Morgan fingerprint density at radius 3 is 2.30 bits per heavy atom. The minimum absolute atomic E-state index is 0.485. The highest BCUT2D eigenvalue weighted by Gasteiger charge is 2.21. The van der Waals surface area contributed by atoms with Gasteiger partial charge in [-0.25, -0.2) is 13.1 Å². The maximum absolute atomic E-state index is 12.0. The van der Waals surface area contributed by atoms with Crippen LogP contribution in [0.5, 0.6) is 0 Å². The zero-order chi connectivity index (χ0) is 14.9. The smallest absolute Gasteiger partial charge is 0.235 e. The summed E-state index contributed by atoms with van der Waals surface area (Å²) in [6, 6.07) is 9.63. The van der Waals surface area contributed by atoms with E-state index >= 15 is 0 Å². The molecule has 1 N–H and O–H groups in total. The van der Waals surface area contributed by atoms with Gasteiger partial charge in [0.1, 0.15) is 0 Å². The zero-order valence-corrected chi connectivity index (χ0v) is 12.9. The van der Waals surface area contributed by atoms with Crippen molar-refractivity contribution in [3.05, 3.63) is 41.7 Å². The lowest BCUT2D eigenvalue weighted by atomic mass is 10.3. The van der Waals surface area contributed by atoms with E-state index in [2.05, 4.69) is 9.82 Å². The second kappa shape index (κ2) is 5.28. The largest absolute Gasteiger partial charge is 0.280 e. The van der Waals surface area contributed by atoms with Crippen LogP contribution < -0.4 is 4.72 Å². The Bertz CT molecular complexity index is 704. The van der Waals surface area contributed by atoms with E-state index in [4.69, 9.17) is 0 Å². The first kappa shape index (κ1) is 14.6. The summed E-state index contributed by atoms with van der Waals surface area (Å²) in [5, 5.41) is 3.93. The molecular formula is C14H19N3O2S. The van der Waals surface area contributed by atoms with Gasteiger partial charge in [-0.3, -0.25) is 4.72 Å². The molecule has 1 heterocycles. The molecule has 0 aliphatic rings. The molecule has 2 aromatic rings. The van der Waals surface area contributed by atoms with Crippen molar-refractivity contribution in [2.75, 3.05) is 4.72 Å². The Kier molecular flexibility index (Phi) is 3.85. The fourth-order valence-corrected chi connectivity index (χ4v) is 2.69. The predicted molar refractivity (Wildman–Crippen MR) is 80.7 cm³/mol. The number of hydrogen-bond donors (Lipinski definition) is 1. The van der Waals surface area contributed by atoms with E-state index in [0.717, 1.165) is 11.4 Å². The van der Waals surface area contributed by atoms with Gasteiger partial charge in [0.05, 0.1) is 28.0 Å². The number of sulfonamides is 1. The third kappa shape index (κ3) is 2.70. The highest BCUT2D eigenvalue weighted by atomic mass is 32.2. The van der Waals surface area contributed by atoms with E-state index in [1.807, 2.05) is 37.3 Å². The van der Waals surface area contributed by atoms with Crippen LogP contribution in [0.4, 0.5) is 5.69 Å². The molecule has 1 aromatic carbocycles. The molecule has 0 bridgehead atoms. The molecule has 6 heteroatoms. The zero-order valence-electron chi connectivity index (χ0n) is 12.1. The number of anilines is 1. The standard InChI is InChI=1S/C14H19N3O2S/c1-10(2)20(18,19)16-14-11(3)15-17(12(14)4)13-8-6-5-7-9-13/h5-10,16H,1-4H3. The van der Waals surface area contributed by atoms with Crippen LogP contribution in [0.3, 0.4) is 0 Å². The maximum Gasteiger partial charge on any atom is 0.235 e. The normalized spacial score (nSPS) is 11.8. The van der Waals surface area contributed by atoms with E-state index in [-0.39, 0.29) is 0 Å². The molecule has 0 saturated carbocycles. The van der Waals surface area contributed by atoms with Crippen LogP contribution >= 0.6 is 0 Å². The number of rotatable bonds is 4. The summed E-state index contributed by atoms with van der Waals surface area (Å²) in [6.45, 7) is 6.94. The number of nitrogens with zero attached hydrogens (tertiary/aromatic N) is 2. The van der Waals surface area contributed by atoms with Crippen molar-refractivity contribution in [2.24, 2.45) is 0 Å².